The monoisotopic (exact) mass is 197 g/mol. The standard InChI is InChI=1S/C11H23N3/c1-13(2)6-7-14-8-10-4-3-5-12-11(10)9-14/h10-12H,3-9H2,1-2H3/t10-,11+/m0/s1. The number of nitrogens with one attached hydrogen (secondary N) is 1. The Labute approximate surface area is 87.4 Å². The van der Waals surface area contributed by atoms with Crippen LogP contribution in [0.15, 0.2) is 0 Å². The molecule has 0 spiro atoms. The van der Waals surface area contributed by atoms with Crippen LogP contribution in [0.5, 0.6) is 0 Å². The van der Waals surface area contributed by atoms with E-state index in [2.05, 4.69) is 29.2 Å². The van der Waals surface area contributed by atoms with Gasteiger partial charge in [-0.05, 0) is 39.4 Å². The minimum absolute atomic E-state index is 0.797. The fraction of sp³-hybridized carbons (Fsp3) is 1.00. The van der Waals surface area contributed by atoms with Crippen LogP contribution in [-0.4, -0.2) is 62.7 Å². The van der Waals surface area contributed by atoms with E-state index in [-0.39, 0.29) is 0 Å². The third kappa shape index (κ3) is 2.47. The van der Waals surface area contributed by atoms with Gasteiger partial charge in [-0.2, -0.15) is 0 Å². The number of piperidine rings is 1. The highest BCUT2D eigenvalue weighted by Crippen LogP contribution is 2.24. The van der Waals surface area contributed by atoms with Crippen molar-refractivity contribution < 1.29 is 0 Å². The van der Waals surface area contributed by atoms with Crippen molar-refractivity contribution in [3.8, 4) is 0 Å². The molecule has 3 heteroatoms. The maximum absolute atomic E-state index is 3.64. The Balaban J connectivity index is 1.75. The van der Waals surface area contributed by atoms with E-state index in [9.17, 15) is 0 Å². The fourth-order valence-electron chi connectivity index (χ4n) is 2.66. The van der Waals surface area contributed by atoms with Gasteiger partial charge in [-0.15, -0.1) is 0 Å². The maximum Gasteiger partial charge on any atom is 0.0235 e. The Kier molecular flexibility index (Phi) is 3.42. The van der Waals surface area contributed by atoms with Crippen LogP contribution >= 0.6 is 0 Å². The molecule has 2 aliphatic rings. The average molecular weight is 197 g/mol. The van der Waals surface area contributed by atoms with Crippen molar-refractivity contribution >= 4 is 0 Å². The van der Waals surface area contributed by atoms with E-state index in [4.69, 9.17) is 0 Å². The van der Waals surface area contributed by atoms with Gasteiger partial charge in [0.25, 0.3) is 0 Å². The lowest BCUT2D eigenvalue weighted by molar-refractivity contribution is 0.274. The summed E-state index contributed by atoms with van der Waals surface area (Å²) in [6, 6.07) is 0.797. The SMILES string of the molecule is CN(C)CCN1C[C@@H]2CCCN[C@@H]2C1. The second-order valence-electron chi connectivity index (χ2n) is 5.03. The lowest BCUT2D eigenvalue weighted by atomic mass is 9.94. The molecule has 0 aromatic carbocycles. The predicted molar refractivity (Wildman–Crippen MR) is 59.5 cm³/mol. The number of rotatable bonds is 3. The molecule has 0 bridgehead atoms. The molecule has 14 heavy (non-hydrogen) atoms. The van der Waals surface area contributed by atoms with Gasteiger partial charge >= 0.3 is 0 Å². The van der Waals surface area contributed by atoms with Crippen molar-refractivity contribution in [2.75, 3.05) is 46.8 Å². The molecule has 2 saturated heterocycles. The zero-order valence-electron chi connectivity index (χ0n) is 9.50. The van der Waals surface area contributed by atoms with E-state index in [0.29, 0.717) is 0 Å². The molecule has 0 aliphatic carbocycles. The summed E-state index contributed by atoms with van der Waals surface area (Å²) in [5, 5.41) is 3.64. The van der Waals surface area contributed by atoms with E-state index in [0.717, 1.165) is 12.0 Å². The molecule has 0 aromatic rings. The molecule has 0 saturated carbocycles. The normalized spacial score (nSPS) is 33.6. The quantitative estimate of drug-likeness (QED) is 0.699. The molecule has 2 atom stereocenters. The van der Waals surface area contributed by atoms with Crippen LogP contribution in [0.2, 0.25) is 0 Å². The van der Waals surface area contributed by atoms with Crippen molar-refractivity contribution in [1.29, 1.82) is 0 Å². The van der Waals surface area contributed by atoms with Gasteiger partial charge in [0.1, 0.15) is 0 Å². The van der Waals surface area contributed by atoms with Crippen LogP contribution in [-0.2, 0) is 0 Å². The lowest BCUT2D eigenvalue weighted by Gasteiger charge is -2.24. The number of likely N-dealkylation sites (tertiary alicyclic amines) is 1. The molecule has 82 valence electrons. The molecular formula is C11H23N3. The van der Waals surface area contributed by atoms with E-state index in [1.54, 1.807) is 0 Å². The summed E-state index contributed by atoms with van der Waals surface area (Å²) in [7, 11) is 4.31. The number of fused-ring (bicyclic) bond motifs is 1. The summed E-state index contributed by atoms with van der Waals surface area (Å²) >= 11 is 0. The number of nitrogens with zero attached hydrogens (tertiary/aromatic N) is 2. The molecule has 0 amide bonds. The third-order valence-electron chi connectivity index (χ3n) is 3.54. The van der Waals surface area contributed by atoms with Crippen LogP contribution in [0.4, 0.5) is 0 Å². The topological polar surface area (TPSA) is 18.5 Å². The van der Waals surface area contributed by atoms with E-state index < -0.39 is 0 Å². The first kappa shape index (κ1) is 10.4. The lowest BCUT2D eigenvalue weighted by Crippen LogP contribution is -2.40. The minimum Gasteiger partial charge on any atom is -0.312 e. The van der Waals surface area contributed by atoms with E-state index in [1.807, 2.05) is 0 Å². The zero-order valence-corrected chi connectivity index (χ0v) is 9.50. The summed E-state index contributed by atoms with van der Waals surface area (Å²) in [6.45, 7) is 6.27. The number of hydrogen-bond donors (Lipinski definition) is 1. The Morgan fingerprint density at radius 2 is 2.21 bits per heavy atom. The first-order chi connectivity index (χ1) is 6.75. The van der Waals surface area contributed by atoms with E-state index in [1.165, 1.54) is 45.6 Å². The largest absolute Gasteiger partial charge is 0.312 e. The summed E-state index contributed by atoms with van der Waals surface area (Å²) in [6.07, 6.45) is 2.82. The Morgan fingerprint density at radius 1 is 1.36 bits per heavy atom. The highest BCUT2D eigenvalue weighted by Gasteiger charge is 2.33. The average Bonchev–Trinajstić information content (AvgIpc) is 2.57. The second-order valence-corrected chi connectivity index (χ2v) is 5.03. The van der Waals surface area contributed by atoms with Gasteiger partial charge in [-0.3, -0.25) is 0 Å². The Morgan fingerprint density at radius 3 is 2.93 bits per heavy atom. The van der Waals surface area contributed by atoms with Crippen molar-refractivity contribution in [2.24, 2.45) is 5.92 Å². The van der Waals surface area contributed by atoms with Gasteiger partial charge in [-0.25, -0.2) is 0 Å². The molecule has 0 unspecified atom stereocenters. The fourth-order valence-corrected chi connectivity index (χ4v) is 2.66. The molecule has 1 N–H and O–H groups in total. The van der Waals surface area contributed by atoms with Crippen molar-refractivity contribution in [3.05, 3.63) is 0 Å². The van der Waals surface area contributed by atoms with Crippen LogP contribution in [0, 0.1) is 5.92 Å². The number of likely N-dealkylation sites (N-methyl/N-ethyl adjacent to an activating group) is 1. The first-order valence-electron chi connectivity index (χ1n) is 5.86. The van der Waals surface area contributed by atoms with Gasteiger partial charge in [0.15, 0.2) is 0 Å². The molecule has 3 nitrogen and oxygen atoms in total. The second kappa shape index (κ2) is 4.60. The van der Waals surface area contributed by atoms with Gasteiger partial charge in [0, 0.05) is 32.2 Å². The van der Waals surface area contributed by atoms with E-state index >= 15 is 0 Å². The predicted octanol–water partition coefficient (Wildman–Crippen LogP) is 0.232. The molecule has 2 heterocycles. The Hall–Kier alpha value is -0.120. The molecule has 2 rings (SSSR count). The third-order valence-corrected chi connectivity index (χ3v) is 3.54. The molecular weight excluding hydrogens is 174 g/mol. The van der Waals surface area contributed by atoms with Gasteiger partial charge in [-0.1, -0.05) is 0 Å². The molecule has 0 aromatic heterocycles. The van der Waals surface area contributed by atoms with Gasteiger partial charge in [0.05, 0.1) is 0 Å². The van der Waals surface area contributed by atoms with Crippen molar-refractivity contribution in [1.82, 2.24) is 15.1 Å². The zero-order chi connectivity index (χ0) is 9.97. The molecule has 2 aliphatic heterocycles. The summed E-state index contributed by atoms with van der Waals surface area (Å²) in [4.78, 5) is 4.89. The molecule has 0 radical (unpaired) electrons. The smallest absolute Gasteiger partial charge is 0.0235 e. The van der Waals surface area contributed by atoms with Crippen LogP contribution < -0.4 is 5.32 Å². The number of hydrogen-bond acceptors (Lipinski definition) is 3. The molecule has 2 fully saturated rings. The van der Waals surface area contributed by atoms with Gasteiger partial charge < -0.3 is 15.1 Å². The minimum atomic E-state index is 0.797. The highest BCUT2D eigenvalue weighted by atomic mass is 15.2. The summed E-state index contributed by atoms with van der Waals surface area (Å²) in [5.41, 5.74) is 0. The van der Waals surface area contributed by atoms with Crippen molar-refractivity contribution in [2.45, 2.75) is 18.9 Å². The summed E-state index contributed by atoms with van der Waals surface area (Å²) < 4.78 is 0. The van der Waals surface area contributed by atoms with Crippen molar-refractivity contribution in [3.63, 3.8) is 0 Å². The van der Waals surface area contributed by atoms with Crippen LogP contribution in [0.3, 0.4) is 0 Å². The highest BCUT2D eigenvalue weighted by molar-refractivity contribution is 4.91. The van der Waals surface area contributed by atoms with Crippen LogP contribution in [0.1, 0.15) is 12.8 Å². The maximum atomic E-state index is 3.64. The van der Waals surface area contributed by atoms with Crippen LogP contribution in [0.25, 0.3) is 0 Å². The summed E-state index contributed by atoms with van der Waals surface area (Å²) in [5.74, 6) is 0.936. The van der Waals surface area contributed by atoms with Gasteiger partial charge in [0.2, 0.25) is 0 Å². The Bertz CT molecular complexity index is 167. The first-order valence-corrected chi connectivity index (χ1v) is 5.86.